The summed E-state index contributed by atoms with van der Waals surface area (Å²) < 4.78 is 32.5. The molecule has 0 aliphatic rings. The molecule has 302 valence electrons. The lowest BCUT2D eigenvalue weighted by atomic mass is 10.1. The van der Waals surface area contributed by atoms with Gasteiger partial charge in [-0.15, -0.1) is 0 Å². The van der Waals surface area contributed by atoms with Crippen molar-refractivity contribution in [2.75, 3.05) is 5.75 Å². The number of allylic oxidation sites excluding steroid dienone is 15. The molecule has 0 aromatic heterocycles. The molecule has 2 unspecified atom stereocenters. The van der Waals surface area contributed by atoms with Gasteiger partial charge in [0.1, 0.15) is 0 Å². The Morgan fingerprint density at radius 3 is 1.42 bits per heavy atom. The van der Waals surface area contributed by atoms with Gasteiger partial charge in [0.15, 0.2) is 0 Å². The van der Waals surface area contributed by atoms with E-state index in [1.165, 1.54) is 57.4 Å². The van der Waals surface area contributed by atoms with E-state index in [1.807, 2.05) is 0 Å². The van der Waals surface area contributed by atoms with Crippen molar-refractivity contribution in [2.45, 2.75) is 180 Å². The molecule has 3 N–H and O–H groups in total. The van der Waals surface area contributed by atoms with Gasteiger partial charge in [-0.25, -0.2) is 0 Å². The van der Waals surface area contributed by atoms with E-state index < -0.39 is 28.0 Å². The fraction of sp³-hybridized carbons (Fsp3) is 0.630. The molecule has 2 atom stereocenters. The Balaban J connectivity index is 4.01. The van der Waals surface area contributed by atoms with Crippen molar-refractivity contribution < 1.29 is 22.9 Å². The van der Waals surface area contributed by atoms with E-state index in [9.17, 15) is 22.9 Å². The minimum Gasteiger partial charge on any atom is -0.387 e. The van der Waals surface area contributed by atoms with E-state index in [-0.39, 0.29) is 12.3 Å². The smallest absolute Gasteiger partial charge is 0.267 e. The highest BCUT2D eigenvalue weighted by molar-refractivity contribution is 7.85. The highest BCUT2D eigenvalue weighted by Gasteiger charge is 2.24. The quantitative estimate of drug-likeness (QED) is 0.0335. The van der Waals surface area contributed by atoms with Gasteiger partial charge in [-0.2, -0.15) is 8.42 Å². The monoisotopic (exact) mass is 756 g/mol. The molecule has 0 heterocycles. The van der Waals surface area contributed by atoms with Crippen LogP contribution in [0.15, 0.2) is 97.2 Å². The Morgan fingerprint density at radius 2 is 0.925 bits per heavy atom. The molecule has 0 bridgehead atoms. The lowest BCUT2D eigenvalue weighted by Crippen LogP contribution is -2.46. The lowest BCUT2D eigenvalue weighted by Gasteiger charge is -2.21. The Morgan fingerprint density at radius 1 is 0.528 bits per heavy atom. The fourth-order valence-corrected chi connectivity index (χ4v) is 6.36. The number of carbonyl (C=O) groups is 1. The third-order valence-corrected chi connectivity index (χ3v) is 9.50. The van der Waals surface area contributed by atoms with Gasteiger partial charge in [0, 0.05) is 6.42 Å². The molecule has 0 fully saturated rings. The maximum atomic E-state index is 12.5. The van der Waals surface area contributed by atoms with Gasteiger partial charge < -0.3 is 10.4 Å². The minimum atomic E-state index is -4.37. The van der Waals surface area contributed by atoms with Crippen LogP contribution >= 0.6 is 0 Å². The molecule has 53 heavy (non-hydrogen) atoms. The minimum absolute atomic E-state index is 0.265. The number of carbonyl (C=O) groups excluding carboxylic acids is 1. The number of rotatable bonds is 36. The number of amides is 1. The van der Waals surface area contributed by atoms with E-state index >= 15 is 0 Å². The van der Waals surface area contributed by atoms with Crippen LogP contribution in [0.25, 0.3) is 0 Å². The topological polar surface area (TPSA) is 104 Å². The molecule has 6 nitrogen and oxygen atoms in total. The van der Waals surface area contributed by atoms with E-state index in [2.05, 4.69) is 104 Å². The van der Waals surface area contributed by atoms with E-state index in [1.54, 1.807) is 6.08 Å². The van der Waals surface area contributed by atoms with Gasteiger partial charge in [0.2, 0.25) is 5.91 Å². The molecular formula is C46H77NO5S. The largest absolute Gasteiger partial charge is 0.387 e. The Labute approximate surface area is 326 Å². The van der Waals surface area contributed by atoms with Gasteiger partial charge in [-0.05, 0) is 89.9 Å². The second-order valence-corrected chi connectivity index (χ2v) is 15.4. The summed E-state index contributed by atoms with van der Waals surface area (Å²) in [5, 5.41) is 13.2. The first kappa shape index (κ1) is 50.3. The number of aliphatic hydroxyl groups excluding tert-OH is 1. The van der Waals surface area contributed by atoms with Crippen LogP contribution in [0.5, 0.6) is 0 Å². The maximum absolute atomic E-state index is 12.5. The van der Waals surface area contributed by atoms with Crippen LogP contribution < -0.4 is 5.32 Å². The Bertz CT molecular complexity index is 1190. The van der Waals surface area contributed by atoms with Crippen molar-refractivity contribution in [3.05, 3.63) is 97.2 Å². The first-order chi connectivity index (χ1) is 25.8. The van der Waals surface area contributed by atoms with Gasteiger partial charge in [-0.1, -0.05) is 169 Å². The van der Waals surface area contributed by atoms with Crippen molar-refractivity contribution in [3.63, 3.8) is 0 Å². The predicted molar refractivity (Wildman–Crippen MR) is 230 cm³/mol. The first-order valence-electron chi connectivity index (χ1n) is 20.9. The molecule has 0 spiro atoms. The van der Waals surface area contributed by atoms with E-state index in [0.717, 1.165) is 83.5 Å². The summed E-state index contributed by atoms with van der Waals surface area (Å²) >= 11 is 0. The molecular weight excluding hydrogens is 679 g/mol. The summed E-state index contributed by atoms with van der Waals surface area (Å²) in [6.07, 6.45) is 58.2. The normalized spacial score (nSPS) is 14.3. The number of hydrogen-bond acceptors (Lipinski definition) is 4. The number of nitrogens with one attached hydrogen (secondary N) is 1. The van der Waals surface area contributed by atoms with Crippen molar-refractivity contribution in [1.82, 2.24) is 5.32 Å². The second-order valence-electron chi connectivity index (χ2n) is 13.9. The predicted octanol–water partition coefficient (Wildman–Crippen LogP) is 12.6. The molecule has 0 aromatic rings. The zero-order valence-electron chi connectivity index (χ0n) is 33.6. The van der Waals surface area contributed by atoms with Crippen LogP contribution in [-0.4, -0.2) is 41.9 Å². The molecule has 1 amide bonds. The number of aliphatic hydroxyl groups is 1. The summed E-state index contributed by atoms with van der Waals surface area (Å²) in [5.41, 5.74) is 0. The second kappa shape index (κ2) is 39.0. The van der Waals surface area contributed by atoms with Crippen molar-refractivity contribution in [3.8, 4) is 0 Å². The van der Waals surface area contributed by atoms with Crippen molar-refractivity contribution in [1.29, 1.82) is 0 Å². The zero-order valence-corrected chi connectivity index (χ0v) is 34.4. The standard InChI is InChI=1S/C46H77NO5S/c1-3-5-7-9-11-13-15-17-19-20-21-22-23-24-25-26-28-30-32-34-36-38-40-42-46(49)47-44(43-53(50,51)52)45(48)41-39-37-35-33-31-29-27-18-16-14-12-10-8-6-4-2/h5,7,11,13,16-19,21-22,24-25,31,33,39,41,44-45,48H,3-4,6,8-10,12,14-15,20,23,26-30,32,34-38,40,42-43H2,1-2H3,(H,47,49)(H,50,51,52)/b7-5-,13-11-,18-16+,19-17-,22-21-,25-24-,33-31+,41-39+. The Hall–Kier alpha value is -2.74. The van der Waals surface area contributed by atoms with Crippen LogP contribution in [-0.2, 0) is 14.9 Å². The van der Waals surface area contributed by atoms with Crippen molar-refractivity contribution >= 4 is 16.0 Å². The molecule has 0 radical (unpaired) electrons. The Kier molecular flexibility index (Phi) is 37.0. The van der Waals surface area contributed by atoms with E-state index in [4.69, 9.17) is 0 Å². The average molecular weight is 756 g/mol. The molecule has 0 rings (SSSR count). The summed E-state index contributed by atoms with van der Waals surface area (Å²) in [7, 11) is -4.37. The molecule has 0 saturated carbocycles. The lowest BCUT2D eigenvalue weighted by molar-refractivity contribution is -0.122. The summed E-state index contributed by atoms with van der Waals surface area (Å²) in [5.74, 6) is -1.03. The van der Waals surface area contributed by atoms with Crippen LogP contribution in [0.1, 0.15) is 168 Å². The van der Waals surface area contributed by atoms with E-state index in [0.29, 0.717) is 12.8 Å². The third kappa shape index (κ3) is 40.3. The average Bonchev–Trinajstić information content (AvgIpc) is 3.12. The molecule has 0 aliphatic carbocycles. The van der Waals surface area contributed by atoms with Crippen LogP contribution in [0.4, 0.5) is 0 Å². The van der Waals surface area contributed by atoms with Gasteiger partial charge in [0.05, 0.1) is 17.9 Å². The zero-order chi connectivity index (χ0) is 38.9. The fourth-order valence-electron chi connectivity index (χ4n) is 5.62. The van der Waals surface area contributed by atoms with Gasteiger partial charge in [-0.3, -0.25) is 9.35 Å². The summed E-state index contributed by atoms with van der Waals surface area (Å²) in [6, 6.07) is -1.09. The van der Waals surface area contributed by atoms with Crippen LogP contribution in [0, 0.1) is 0 Å². The SMILES string of the molecule is CC/C=C\C/C=C\C/C=C\C/C=C\C/C=C\CCCCCCCCCC(=O)NC(CS(=O)(=O)O)C(O)/C=C/CC/C=C/CC/C=C/CCCCCCC. The maximum Gasteiger partial charge on any atom is 0.267 e. The van der Waals surface area contributed by atoms with Crippen LogP contribution in [0.2, 0.25) is 0 Å². The third-order valence-electron chi connectivity index (χ3n) is 8.72. The molecule has 0 aromatic carbocycles. The number of hydrogen-bond donors (Lipinski definition) is 3. The molecule has 0 saturated heterocycles. The van der Waals surface area contributed by atoms with Gasteiger partial charge in [0.25, 0.3) is 10.1 Å². The highest BCUT2D eigenvalue weighted by Crippen LogP contribution is 2.11. The highest BCUT2D eigenvalue weighted by atomic mass is 32.2. The van der Waals surface area contributed by atoms with Crippen molar-refractivity contribution in [2.24, 2.45) is 0 Å². The summed E-state index contributed by atoms with van der Waals surface area (Å²) in [6.45, 7) is 4.39. The summed E-state index contributed by atoms with van der Waals surface area (Å²) in [4.78, 5) is 12.5. The molecule has 0 aliphatic heterocycles. The van der Waals surface area contributed by atoms with Crippen LogP contribution in [0.3, 0.4) is 0 Å². The van der Waals surface area contributed by atoms with Gasteiger partial charge >= 0.3 is 0 Å². The number of unbranched alkanes of at least 4 members (excludes halogenated alkanes) is 14. The molecule has 7 heteroatoms. The first-order valence-corrected chi connectivity index (χ1v) is 22.5.